The van der Waals surface area contributed by atoms with Crippen LogP contribution in [-0.4, -0.2) is 44.2 Å². The molecule has 0 N–H and O–H groups in total. The first-order valence-corrected chi connectivity index (χ1v) is 14.9. The molecule has 192 valence electrons. The Morgan fingerprint density at radius 2 is 1.56 bits per heavy atom. The molecular weight excluding hydrogens is 550 g/mol. The van der Waals surface area contributed by atoms with Crippen molar-refractivity contribution >= 4 is 37.5 Å². The molecule has 36 heavy (non-hydrogen) atoms. The molecule has 1 saturated heterocycles. The zero-order valence-electron chi connectivity index (χ0n) is 20.0. The van der Waals surface area contributed by atoms with Crippen molar-refractivity contribution in [3.63, 3.8) is 0 Å². The van der Waals surface area contributed by atoms with E-state index in [-0.39, 0.29) is 29.3 Å². The summed E-state index contributed by atoms with van der Waals surface area (Å²) in [5.74, 6) is -3.07. The molecule has 3 fully saturated rings. The summed E-state index contributed by atoms with van der Waals surface area (Å²) in [4.78, 5) is 15.6. The van der Waals surface area contributed by atoms with E-state index in [9.17, 15) is 22.0 Å². The number of alkyl halides is 2. The third kappa shape index (κ3) is 4.11. The number of hydrogen-bond acceptors (Lipinski definition) is 3. The van der Waals surface area contributed by atoms with Crippen LogP contribution >= 0.6 is 15.9 Å². The van der Waals surface area contributed by atoms with Crippen molar-refractivity contribution in [3.05, 3.63) is 58.1 Å². The average Bonchev–Trinajstić information content (AvgIpc) is 3.56. The standard InChI is InChI=1S/C27H29BrF2N2O3S/c28-20-4-5-23-22(17-20)26(10-8-25(6-7-25)9-11-26)18-32(23)24(33)19-2-1-3-21(16-19)36(34,35)31-14-12-27(29,30)13-15-31/h1-5,16-17H,6-15,18H2. The number of benzene rings is 2. The summed E-state index contributed by atoms with van der Waals surface area (Å²) < 4.78 is 55.6. The highest BCUT2D eigenvalue weighted by Gasteiger charge is 2.53. The molecule has 2 aliphatic carbocycles. The van der Waals surface area contributed by atoms with E-state index in [2.05, 4.69) is 22.0 Å². The van der Waals surface area contributed by atoms with E-state index >= 15 is 0 Å². The molecule has 0 radical (unpaired) electrons. The highest BCUT2D eigenvalue weighted by Crippen LogP contribution is 2.62. The Morgan fingerprint density at radius 1 is 0.889 bits per heavy atom. The van der Waals surface area contributed by atoms with Crippen LogP contribution in [-0.2, 0) is 15.4 Å². The molecule has 2 saturated carbocycles. The Balaban J connectivity index is 1.29. The van der Waals surface area contributed by atoms with E-state index < -0.39 is 28.8 Å². The summed E-state index contributed by atoms with van der Waals surface area (Å²) in [7, 11) is -3.97. The predicted octanol–water partition coefficient (Wildman–Crippen LogP) is 6.12. The van der Waals surface area contributed by atoms with Crippen LogP contribution in [0.15, 0.2) is 51.8 Å². The molecule has 2 spiro atoms. The van der Waals surface area contributed by atoms with Gasteiger partial charge in [0.2, 0.25) is 10.0 Å². The maximum absolute atomic E-state index is 13.8. The summed E-state index contributed by atoms with van der Waals surface area (Å²) in [6.07, 6.45) is 6.11. The summed E-state index contributed by atoms with van der Waals surface area (Å²) in [6.45, 7) is 0.129. The fourth-order valence-corrected chi connectivity index (χ4v) is 8.18. The lowest BCUT2D eigenvalue weighted by Gasteiger charge is -2.38. The first kappa shape index (κ1) is 24.5. The first-order chi connectivity index (χ1) is 17.0. The SMILES string of the molecule is O=C(c1cccc(S(=O)(=O)N2CCC(F)(F)CC2)c1)N1CC2(CCC3(CC3)CC2)c2cc(Br)ccc21. The van der Waals surface area contributed by atoms with Crippen molar-refractivity contribution in [2.75, 3.05) is 24.5 Å². The van der Waals surface area contributed by atoms with Gasteiger partial charge in [-0.15, -0.1) is 0 Å². The third-order valence-corrected chi connectivity index (χ3v) is 11.3. The van der Waals surface area contributed by atoms with Crippen LogP contribution in [0.25, 0.3) is 0 Å². The Kier molecular flexibility index (Phi) is 5.67. The van der Waals surface area contributed by atoms with E-state index in [0.29, 0.717) is 17.5 Å². The van der Waals surface area contributed by atoms with E-state index in [1.165, 1.54) is 43.4 Å². The lowest BCUT2D eigenvalue weighted by molar-refractivity contribution is -0.0412. The van der Waals surface area contributed by atoms with Gasteiger partial charge in [0.05, 0.1) is 4.90 Å². The van der Waals surface area contributed by atoms with Crippen LogP contribution in [0.4, 0.5) is 14.5 Å². The average molecular weight is 580 g/mol. The van der Waals surface area contributed by atoms with E-state index in [1.807, 2.05) is 12.1 Å². The molecule has 1 amide bonds. The Bertz CT molecular complexity index is 1320. The topological polar surface area (TPSA) is 57.7 Å². The number of halogens is 3. The molecule has 0 unspecified atom stereocenters. The molecule has 2 heterocycles. The smallest absolute Gasteiger partial charge is 0.258 e. The number of carbonyl (C=O) groups excluding carboxylic acids is 1. The van der Waals surface area contributed by atoms with Crippen LogP contribution in [0.2, 0.25) is 0 Å². The van der Waals surface area contributed by atoms with Crippen molar-refractivity contribution in [2.24, 2.45) is 5.41 Å². The molecule has 2 aromatic rings. The Hall–Kier alpha value is -1.84. The fraction of sp³-hybridized carbons (Fsp3) is 0.519. The van der Waals surface area contributed by atoms with Gasteiger partial charge < -0.3 is 4.90 Å². The Morgan fingerprint density at radius 3 is 2.22 bits per heavy atom. The zero-order valence-corrected chi connectivity index (χ0v) is 22.4. The fourth-order valence-electron chi connectivity index (χ4n) is 6.33. The van der Waals surface area contributed by atoms with Crippen molar-refractivity contribution < 1.29 is 22.0 Å². The van der Waals surface area contributed by atoms with Gasteiger partial charge in [0, 0.05) is 53.6 Å². The van der Waals surface area contributed by atoms with Crippen LogP contribution in [0.1, 0.15) is 67.3 Å². The summed E-state index contributed by atoms with van der Waals surface area (Å²) >= 11 is 3.61. The van der Waals surface area contributed by atoms with Gasteiger partial charge in [-0.2, -0.15) is 4.31 Å². The normalized spacial score (nSPS) is 24.1. The largest absolute Gasteiger partial charge is 0.307 e. The molecule has 0 aromatic heterocycles. The van der Waals surface area contributed by atoms with Gasteiger partial charge in [0.1, 0.15) is 0 Å². The molecular formula is C27H29BrF2N2O3S. The summed E-state index contributed by atoms with van der Waals surface area (Å²) in [5, 5.41) is 0. The molecule has 0 atom stereocenters. The number of piperidine rings is 1. The number of nitrogens with zero attached hydrogens (tertiary/aromatic N) is 2. The zero-order chi connectivity index (χ0) is 25.3. The molecule has 5 nitrogen and oxygen atoms in total. The summed E-state index contributed by atoms with van der Waals surface area (Å²) in [5.41, 5.74) is 2.82. The molecule has 4 aliphatic rings. The second kappa shape index (κ2) is 8.33. The van der Waals surface area contributed by atoms with Gasteiger partial charge in [-0.05, 0) is 85.9 Å². The van der Waals surface area contributed by atoms with Crippen LogP contribution in [0.5, 0.6) is 0 Å². The molecule has 9 heteroatoms. The highest BCUT2D eigenvalue weighted by atomic mass is 79.9. The monoisotopic (exact) mass is 578 g/mol. The quantitative estimate of drug-likeness (QED) is 0.440. The van der Waals surface area contributed by atoms with Gasteiger partial charge in [-0.1, -0.05) is 22.0 Å². The lowest BCUT2D eigenvalue weighted by Crippen LogP contribution is -2.42. The van der Waals surface area contributed by atoms with Gasteiger partial charge in [0.15, 0.2) is 0 Å². The number of fused-ring (bicyclic) bond motifs is 2. The van der Waals surface area contributed by atoms with Gasteiger partial charge in [0.25, 0.3) is 11.8 Å². The first-order valence-electron chi connectivity index (χ1n) is 12.6. The number of carbonyl (C=O) groups is 1. The van der Waals surface area contributed by atoms with Crippen LogP contribution in [0.3, 0.4) is 0 Å². The van der Waals surface area contributed by atoms with Crippen molar-refractivity contribution in [1.82, 2.24) is 4.31 Å². The maximum atomic E-state index is 13.8. The predicted molar refractivity (Wildman–Crippen MR) is 137 cm³/mol. The molecule has 6 rings (SSSR count). The Labute approximate surface area is 219 Å². The second-order valence-electron chi connectivity index (χ2n) is 11.1. The van der Waals surface area contributed by atoms with E-state index in [1.54, 1.807) is 17.0 Å². The minimum absolute atomic E-state index is 0.0307. The number of sulfonamides is 1. The number of rotatable bonds is 3. The number of amides is 1. The van der Waals surface area contributed by atoms with Gasteiger partial charge in [-0.25, -0.2) is 17.2 Å². The van der Waals surface area contributed by atoms with Crippen molar-refractivity contribution in [2.45, 2.75) is 67.6 Å². The van der Waals surface area contributed by atoms with Gasteiger partial charge in [-0.3, -0.25) is 4.79 Å². The van der Waals surface area contributed by atoms with E-state index in [0.717, 1.165) is 27.3 Å². The van der Waals surface area contributed by atoms with Gasteiger partial charge >= 0.3 is 0 Å². The van der Waals surface area contributed by atoms with Crippen molar-refractivity contribution in [3.8, 4) is 0 Å². The molecule has 0 bridgehead atoms. The number of anilines is 1. The van der Waals surface area contributed by atoms with Crippen molar-refractivity contribution in [1.29, 1.82) is 0 Å². The molecule has 2 aromatic carbocycles. The second-order valence-corrected chi connectivity index (χ2v) is 14.0. The third-order valence-electron chi connectivity index (χ3n) is 8.92. The lowest BCUT2D eigenvalue weighted by atomic mass is 9.66. The van der Waals surface area contributed by atoms with E-state index in [4.69, 9.17) is 0 Å². The minimum Gasteiger partial charge on any atom is -0.307 e. The van der Waals surface area contributed by atoms with Crippen LogP contribution in [0, 0.1) is 5.41 Å². The summed E-state index contributed by atoms with van der Waals surface area (Å²) in [6, 6.07) is 12.1. The van der Waals surface area contributed by atoms with Crippen LogP contribution < -0.4 is 4.90 Å². The maximum Gasteiger partial charge on any atom is 0.258 e. The highest BCUT2D eigenvalue weighted by molar-refractivity contribution is 9.10. The number of hydrogen-bond donors (Lipinski definition) is 0. The molecule has 2 aliphatic heterocycles. The minimum atomic E-state index is -3.97.